The Bertz CT molecular complexity index is 2330. The quantitative estimate of drug-likeness (QED) is 0.120. The highest BCUT2D eigenvalue weighted by Gasteiger charge is 2.45. The first kappa shape index (κ1) is 34.3. The van der Waals surface area contributed by atoms with E-state index < -0.39 is 9.74 Å². The number of likely N-dealkylation sites (tertiary alicyclic amines) is 2. The van der Waals surface area contributed by atoms with Crippen LogP contribution in [-0.2, 0) is 32.2 Å². The normalized spacial score (nSPS) is 20.0. The number of H-pyrrole nitrogens is 2. The summed E-state index contributed by atoms with van der Waals surface area (Å²) < 4.78 is 0. The molecule has 6 heterocycles. The predicted octanol–water partition coefficient (Wildman–Crippen LogP) is 7.46. The van der Waals surface area contributed by atoms with E-state index in [2.05, 4.69) is 68.5 Å². The van der Waals surface area contributed by atoms with Crippen LogP contribution in [0.1, 0.15) is 48.7 Å². The average molecular weight is 751 g/mol. The van der Waals surface area contributed by atoms with E-state index in [0.29, 0.717) is 37.6 Å². The number of aromatic nitrogens is 6. The first-order chi connectivity index (χ1) is 26.3. The molecule has 54 heavy (non-hydrogen) atoms. The van der Waals surface area contributed by atoms with Crippen molar-refractivity contribution < 1.29 is 9.59 Å². The molecule has 2 N–H and O–H groups in total. The van der Waals surface area contributed by atoms with Crippen molar-refractivity contribution in [2.75, 3.05) is 13.1 Å². The number of aromatic amines is 2. The summed E-state index contributed by atoms with van der Waals surface area (Å²) in [5, 5.41) is 0. The molecule has 2 fully saturated rings. The lowest BCUT2D eigenvalue weighted by Gasteiger charge is -2.32. The molecule has 0 spiro atoms. The Kier molecular flexibility index (Phi) is 8.74. The standard InChI is InChI=1S/C42H38N8O2S2/c51-37(25-31-7-1-3-19-43-31)49-21-5-17-41(49,53)39-45-33-15-13-29(23-35(33)47-39)27-9-11-28(12-10-27)30-14-16-34-36(24-30)48-40(46-34)42(54)18-6-22-50(42)38(52)26-32-8-2-4-20-44-32/h1-4,7-16,19-20,23-24,53-54H,5-6,17-18,21-22,25-26H2,(H,45,47)(H,46,48). The van der Waals surface area contributed by atoms with Gasteiger partial charge in [-0.05, 0) is 96.5 Å². The van der Waals surface area contributed by atoms with Crippen LogP contribution >= 0.6 is 25.3 Å². The molecule has 3 aromatic carbocycles. The molecule has 2 amide bonds. The molecule has 270 valence electrons. The van der Waals surface area contributed by atoms with Crippen LogP contribution in [0.4, 0.5) is 0 Å². The van der Waals surface area contributed by atoms with Crippen molar-refractivity contribution in [1.29, 1.82) is 0 Å². The molecule has 10 nitrogen and oxygen atoms in total. The van der Waals surface area contributed by atoms with Crippen molar-refractivity contribution in [1.82, 2.24) is 39.7 Å². The number of nitrogens with one attached hydrogen (secondary N) is 2. The van der Waals surface area contributed by atoms with Gasteiger partial charge in [0.25, 0.3) is 0 Å². The summed E-state index contributed by atoms with van der Waals surface area (Å²) >= 11 is 10.1. The second-order valence-electron chi connectivity index (χ2n) is 14.1. The van der Waals surface area contributed by atoms with E-state index in [1.54, 1.807) is 12.4 Å². The van der Waals surface area contributed by atoms with E-state index in [9.17, 15) is 9.59 Å². The number of carbonyl (C=O) groups excluding carboxylic acids is 2. The van der Waals surface area contributed by atoms with Gasteiger partial charge in [0, 0.05) is 36.9 Å². The Morgan fingerprint density at radius 1 is 0.593 bits per heavy atom. The molecular formula is C42H38N8O2S2. The van der Waals surface area contributed by atoms with Gasteiger partial charge in [-0.15, -0.1) is 25.3 Å². The maximum atomic E-state index is 13.4. The van der Waals surface area contributed by atoms with E-state index in [0.717, 1.165) is 68.6 Å². The van der Waals surface area contributed by atoms with E-state index in [1.807, 2.05) is 58.3 Å². The number of nitrogens with zero attached hydrogens (tertiary/aromatic N) is 6. The summed E-state index contributed by atoms with van der Waals surface area (Å²) in [4.78, 5) is 54.3. The third-order valence-corrected chi connectivity index (χ3v) is 12.1. The minimum absolute atomic E-state index is 0.00962. The molecule has 7 aromatic rings. The zero-order chi connectivity index (χ0) is 36.9. The zero-order valence-corrected chi connectivity index (χ0v) is 31.2. The Morgan fingerprint density at radius 3 is 1.43 bits per heavy atom. The summed E-state index contributed by atoms with van der Waals surface area (Å²) in [5.74, 6) is 1.34. The molecule has 12 heteroatoms. The topological polar surface area (TPSA) is 124 Å². The minimum Gasteiger partial charge on any atom is -0.339 e. The van der Waals surface area contributed by atoms with Crippen molar-refractivity contribution in [2.24, 2.45) is 0 Å². The molecule has 2 atom stereocenters. The fourth-order valence-electron chi connectivity index (χ4n) is 7.88. The van der Waals surface area contributed by atoms with Crippen molar-refractivity contribution in [3.05, 3.63) is 132 Å². The third-order valence-electron chi connectivity index (χ3n) is 10.7. The number of benzene rings is 3. The van der Waals surface area contributed by atoms with Crippen LogP contribution in [0, 0.1) is 0 Å². The number of imidazole rings is 2. The predicted molar refractivity (Wildman–Crippen MR) is 216 cm³/mol. The van der Waals surface area contributed by atoms with Gasteiger partial charge in [0.1, 0.15) is 21.4 Å². The molecule has 0 radical (unpaired) electrons. The van der Waals surface area contributed by atoms with Crippen LogP contribution < -0.4 is 0 Å². The highest BCUT2D eigenvalue weighted by molar-refractivity contribution is 7.81. The van der Waals surface area contributed by atoms with E-state index in [4.69, 9.17) is 35.2 Å². The third kappa shape index (κ3) is 6.22. The fourth-order valence-corrected chi connectivity index (χ4v) is 8.83. The number of rotatable bonds is 8. The van der Waals surface area contributed by atoms with E-state index in [1.165, 1.54) is 0 Å². The lowest BCUT2D eigenvalue weighted by Crippen LogP contribution is -2.42. The number of fused-ring (bicyclic) bond motifs is 2. The molecule has 0 saturated carbocycles. The Balaban J connectivity index is 0.926. The number of hydrogen-bond acceptors (Lipinski definition) is 8. The second kappa shape index (κ2) is 13.7. The Morgan fingerprint density at radius 2 is 1.02 bits per heavy atom. The SMILES string of the molecule is O=C(Cc1ccccn1)N1CCCC1(S)c1nc2ccc(-c3ccc(-c4ccc5nc(C6(S)CCCN6C(=O)Cc6ccccn6)[nH]c5c4)cc3)cc2[nH]1. The lowest BCUT2D eigenvalue weighted by molar-refractivity contribution is -0.133. The van der Waals surface area contributed by atoms with Crippen LogP contribution in [0.25, 0.3) is 44.3 Å². The van der Waals surface area contributed by atoms with E-state index in [-0.39, 0.29) is 24.7 Å². The van der Waals surface area contributed by atoms with Crippen LogP contribution in [0.15, 0.2) is 109 Å². The van der Waals surface area contributed by atoms with Gasteiger partial charge in [0.2, 0.25) is 11.8 Å². The monoisotopic (exact) mass is 750 g/mol. The highest BCUT2D eigenvalue weighted by atomic mass is 32.1. The molecular weight excluding hydrogens is 713 g/mol. The zero-order valence-electron chi connectivity index (χ0n) is 29.4. The van der Waals surface area contributed by atoms with Crippen LogP contribution in [0.2, 0.25) is 0 Å². The second-order valence-corrected chi connectivity index (χ2v) is 15.6. The Labute approximate surface area is 323 Å². The average Bonchev–Trinajstić information content (AvgIpc) is 4.00. The molecule has 2 aliphatic heterocycles. The number of pyridine rings is 2. The smallest absolute Gasteiger partial charge is 0.230 e. The van der Waals surface area contributed by atoms with Gasteiger partial charge in [-0.1, -0.05) is 48.5 Å². The van der Waals surface area contributed by atoms with Gasteiger partial charge in [-0.25, -0.2) is 9.97 Å². The Hall–Kier alpha value is -5.46. The fraction of sp³-hybridized carbons (Fsp3) is 0.238. The molecule has 9 rings (SSSR count). The molecule has 0 bridgehead atoms. The van der Waals surface area contributed by atoms with Crippen LogP contribution in [0.5, 0.6) is 0 Å². The maximum absolute atomic E-state index is 13.4. The lowest BCUT2D eigenvalue weighted by atomic mass is 10.00. The minimum atomic E-state index is -0.815. The molecule has 2 aliphatic rings. The van der Waals surface area contributed by atoms with Crippen molar-refractivity contribution in [2.45, 2.75) is 48.3 Å². The van der Waals surface area contributed by atoms with E-state index >= 15 is 0 Å². The number of carbonyl (C=O) groups is 2. The summed E-state index contributed by atoms with van der Waals surface area (Å²) in [6.07, 6.45) is 7.00. The van der Waals surface area contributed by atoms with Gasteiger partial charge in [0.15, 0.2) is 0 Å². The molecule has 0 aliphatic carbocycles. The molecule has 2 unspecified atom stereocenters. The van der Waals surface area contributed by atoms with Crippen molar-refractivity contribution in [3.63, 3.8) is 0 Å². The van der Waals surface area contributed by atoms with Gasteiger partial charge >= 0.3 is 0 Å². The number of hydrogen-bond donors (Lipinski definition) is 4. The molecule has 2 saturated heterocycles. The van der Waals surface area contributed by atoms with Gasteiger partial charge in [-0.3, -0.25) is 19.6 Å². The summed E-state index contributed by atoms with van der Waals surface area (Å²) in [6, 6.07) is 32.1. The maximum Gasteiger partial charge on any atom is 0.230 e. The van der Waals surface area contributed by atoms with Crippen molar-refractivity contribution in [3.8, 4) is 22.3 Å². The number of amides is 2. The number of thiol groups is 2. The highest BCUT2D eigenvalue weighted by Crippen LogP contribution is 2.43. The first-order valence-corrected chi connectivity index (χ1v) is 19.1. The summed E-state index contributed by atoms with van der Waals surface area (Å²) in [6.45, 7) is 1.25. The summed E-state index contributed by atoms with van der Waals surface area (Å²) in [5.41, 5.74) is 9.19. The largest absolute Gasteiger partial charge is 0.339 e. The molecule has 4 aromatic heterocycles. The van der Waals surface area contributed by atoms with Gasteiger partial charge in [-0.2, -0.15) is 0 Å². The van der Waals surface area contributed by atoms with Gasteiger partial charge < -0.3 is 19.8 Å². The van der Waals surface area contributed by atoms with Crippen molar-refractivity contribution >= 4 is 59.1 Å². The van der Waals surface area contributed by atoms with Gasteiger partial charge in [0.05, 0.1) is 34.9 Å². The van der Waals surface area contributed by atoms with Crippen LogP contribution in [0.3, 0.4) is 0 Å². The summed E-state index contributed by atoms with van der Waals surface area (Å²) in [7, 11) is 0. The van der Waals surface area contributed by atoms with Crippen LogP contribution in [-0.4, -0.2) is 64.6 Å². The first-order valence-electron chi connectivity index (χ1n) is 18.2.